The minimum absolute atomic E-state index is 0.0315. The number of rotatable bonds is 5. The van der Waals surface area contributed by atoms with Crippen LogP contribution in [0.2, 0.25) is 0 Å². The van der Waals surface area contributed by atoms with E-state index >= 15 is 0 Å². The first-order valence-electron chi connectivity index (χ1n) is 8.15. The Morgan fingerprint density at radius 2 is 1.78 bits per heavy atom. The molecule has 7 nitrogen and oxygen atoms in total. The second-order valence-electron chi connectivity index (χ2n) is 6.03. The minimum atomic E-state index is -4.09. The molecule has 0 fully saturated rings. The van der Waals surface area contributed by atoms with Crippen molar-refractivity contribution in [2.24, 2.45) is 0 Å². The molecule has 2 aromatic carbocycles. The number of aliphatic carboxylic acids is 1. The lowest BCUT2D eigenvalue weighted by molar-refractivity contribution is -0.142. The van der Waals surface area contributed by atoms with Crippen LogP contribution >= 0.6 is 0 Å². The van der Waals surface area contributed by atoms with Crippen molar-refractivity contribution < 1.29 is 27.8 Å². The van der Waals surface area contributed by atoms with Crippen LogP contribution in [-0.4, -0.2) is 43.6 Å². The highest BCUT2D eigenvalue weighted by Crippen LogP contribution is 2.29. The SMILES string of the molecule is COc1ccc(S(=O)(=O)N2C=C(c3ccc(C)cc3)OC[C@H]2C(=O)O)cc1. The number of benzene rings is 2. The van der Waals surface area contributed by atoms with Crippen molar-refractivity contribution in [3.8, 4) is 5.75 Å². The van der Waals surface area contributed by atoms with E-state index in [-0.39, 0.29) is 11.5 Å². The van der Waals surface area contributed by atoms with E-state index in [1.54, 1.807) is 12.1 Å². The summed E-state index contributed by atoms with van der Waals surface area (Å²) in [6.07, 6.45) is 1.23. The number of carboxylic acid groups (broad SMARTS) is 1. The summed E-state index contributed by atoms with van der Waals surface area (Å²) >= 11 is 0. The smallest absolute Gasteiger partial charge is 0.331 e. The number of sulfonamides is 1. The highest BCUT2D eigenvalue weighted by molar-refractivity contribution is 7.89. The van der Waals surface area contributed by atoms with Crippen molar-refractivity contribution in [2.75, 3.05) is 13.7 Å². The zero-order chi connectivity index (χ0) is 19.6. The number of hydrogen-bond acceptors (Lipinski definition) is 5. The standard InChI is InChI=1S/C19H19NO6S/c1-13-3-5-14(6-4-13)18-11-20(17(12-26-18)19(21)22)27(23,24)16-9-7-15(25-2)8-10-16/h3-11,17H,12H2,1-2H3,(H,21,22)/t17-/m0/s1. The predicted molar refractivity (Wildman–Crippen MR) is 98.6 cm³/mol. The zero-order valence-electron chi connectivity index (χ0n) is 14.8. The lowest BCUT2D eigenvalue weighted by atomic mass is 10.1. The van der Waals surface area contributed by atoms with Gasteiger partial charge in [0.25, 0.3) is 10.0 Å². The van der Waals surface area contributed by atoms with E-state index < -0.39 is 22.0 Å². The van der Waals surface area contributed by atoms with Gasteiger partial charge < -0.3 is 14.6 Å². The lowest BCUT2D eigenvalue weighted by Gasteiger charge is -2.32. The summed E-state index contributed by atoms with van der Waals surface area (Å²) in [5.41, 5.74) is 1.71. The van der Waals surface area contributed by atoms with E-state index in [1.165, 1.54) is 37.6 Å². The Bertz CT molecular complexity index is 964. The molecule has 1 aliphatic heterocycles. The maximum absolute atomic E-state index is 13.1. The van der Waals surface area contributed by atoms with Gasteiger partial charge in [-0.1, -0.05) is 29.8 Å². The Balaban J connectivity index is 2.04. The molecule has 0 aromatic heterocycles. The summed E-state index contributed by atoms with van der Waals surface area (Å²) in [6, 6.07) is 11.7. The van der Waals surface area contributed by atoms with Crippen molar-refractivity contribution in [3.05, 3.63) is 65.9 Å². The van der Waals surface area contributed by atoms with Gasteiger partial charge in [0.1, 0.15) is 18.1 Å². The molecular formula is C19H19NO6S. The molecule has 1 N–H and O–H groups in total. The van der Waals surface area contributed by atoms with Crippen LogP contribution in [0.3, 0.4) is 0 Å². The van der Waals surface area contributed by atoms with Crippen LogP contribution in [0.5, 0.6) is 5.75 Å². The molecule has 8 heteroatoms. The predicted octanol–water partition coefficient (Wildman–Crippen LogP) is 2.48. The molecule has 27 heavy (non-hydrogen) atoms. The number of carboxylic acids is 1. The first kappa shape index (κ1) is 18.8. The van der Waals surface area contributed by atoms with Gasteiger partial charge in [0.05, 0.1) is 18.2 Å². The number of methoxy groups -OCH3 is 1. The summed E-state index contributed by atoms with van der Waals surface area (Å²) in [6.45, 7) is 1.64. The summed E-state index contributed by atoms with van der Waals surface area (Å²) in [5.74, 6) is -0.488. The molecule has 1 aliphatic rings. The second kappa shape index (κ2) is 7.32. The Morgan fingerprint density at radius 1 is 1.15 bits per heavy atom. The maximum Gasteiger partial charge on any atom is 0.331 e. The van der Waals surface area contributed by atoms with Gasteiger partial charge in [-0.25, -0.2) is 13.2 Å². The fourth-order valence-corrected chi connectivity index (χ4v) is 4.09. The molecule has 2 aromatic rings. The molecular weight excluding hydrogens is 370 g/mol. The molecule has 0 amide bonds. The van der Waals surface area contributed by atoms with E-state index in [0.29, 0.717) is 17.1 Å². The van der Waals surface area contributed by atoms with Gasteiger partial charge >= 0.3 is 5.97 Å². The van der Waals surface area contributed by atoms with Gasteiger partial charge in [-0.15, -0.1) is 0 Å². The molecule has 0 spiro atoms. The third-order valence-electron chi connectivity index (χ3n) is 4.20. The van der Waals surface area contributed by atoms with Gasteiger partial charge in [0.2, 0.25) is 0 Å². The van der Waals surface area contributed by atoms with Gasteiger partial charge in [-0.05, 0) is 31.2 Å². The van der Waals surface area contributed by atoms with Crippen LogP contribution in [0.15, 0.2) is 59.6 Å². The van der Waals surface area contributed by atoms with E-state index in [4.69, 9.17) is 9.47 Å². The monoisotopic (exact) mass is 389 g/mol. The molecule has 142 valence electrons. The Morgan fingerprint density at radius 3 is 2.33 bits per heavy atom. The van der Waals surface area contributed by atoms with Crippen molar-refractivity contribution in [2.45, 2.75) is 17.9 Å². The molecule has 0 bridgehead atoms. The Kier molecular flexibility index (Phi) is 5.09. The van der Waals surface area contributed by atoms with E-state index in [2.05, 4.69) is 0 Å². The number of aryl methyl sites for hydroxylation is 1. The van der Waals surface area contributed by atoms with Gasteiger partial charge in [-0.2, -0.15) is 0 Å². The van der Waals surface area contributed by atoms with Crippen molar-refractivity contribution >= 4 is 21.8 Å². The molecule has 0 aliphatic carbocycles. The molecule has 0 saturated heterocycles. The first-order chi connectivity index (χ1) is 12.8. The summed E-state index contributed by atoms with van der Waals surface area (Å²) in [5, 5.41) is 9.46. The number of nitrogens with zero attached hydrogens (tertiary/aromatic N) is 1. The van der Waals surface area contributed by atoms with Gasteiger partial charge in [0, 0.05) is 5.56 Å². The Hall–Kier alpha value is -3.00. The third-order valence-corrected chi connectivity index (χ3v) is 5.99. The molecule has 0 saturated carbocycles. The van der Waals surface area contributed by atoms with Crippen molar-refractivity contribution in [1.29, 1.82) is 0 Å². The lowest BCUT2D eigenvalue weighted by Crippen LogP contribution is -2.46. The van der Waals surface area contributed by atoms with Crippen molar-refractivity contribution in [1.82, 2.24) is 4.31 Å². The largest absolute Gasteiger partial charge is 0.497 e. The number of ether oxygens (including phenoxy) is 2. The Labute approximate surface area is 157 Å². The van der Waals surface area contributed by atoms with Crippen LogP contribution in [0.4, 0.5) is 0 Å². The minimum Gasteiger partial charge on any atom is -0.497 e. The fourth-order valence-electron chi connectivity index (χ4n) is 2.65. The maximum atomic E-state index is 13.1. The highest BCUT2D eigenvalue weighted by Gasteiger charge is 2.38. The first-order valence-corrected chi connectivity index (χ1v) is 9.59. The average Bonchev–Trinajstić information content (AvgIpc) is 2.68. The van der Waals surface area contributed by atoms with Crippen LogP contribution in [0, 0.1) is 6.92 Å². The van der Waals surface area contributed by atoms with Crippen LogP contribution in [-0.2, 0) is 19.6 Å². The topological polar surface area (TPSA) is 93.1 Å². The summed E-state index contributed by atoms with van der Waals surface area (Å²) < 4.78 is 37.5. The molecule has 0 unspecified atom stereocenters. The quantitative estimate of drug-likeness (QED) is 0.844. The van der Waals surface area contributed by atoms with Crippen LogP contribution in [0.1, 0.15) is 11.1 Å². The zero-order valence-corrected chi connectivity index (χ0v) is 15.6. The fraction of sp³-hybridized carbons (Fsp3) is 0.211. The molecule has 3 rings (SSSR count). The normalized spacial score (nSPS) is 17.0. The van der Waals surface area contributed by atoms with Crippen LogP contribution in [0.25, 0.3) is 5.76 Å². The molecule has 0 radical (unpaired) electrons. The summed E-state index contributed by atoms with van der Waals surface area (Å²) in [7, 11) is -2.61. The average molecular weight is 389 g/mol. The molecule has 1 atom stereocenters. The number of carbonyl (C=O) groups is 1. The van der Waals surface area contributed by atoms with Gasteiger partial charge in [-0.3, -0.25) is 4.31 Å². The van der Waals surface area contributed by atoms with Gasteiger partial charge in [0.15, 0.2) is 6.04 Å². The second-order valence-corrected chi connectivity index (χ2v) is 7.88. The van der Waals surface area contributed by atoms with Crippen molar-refractivity contribution in [3.63, 3.8) is 0 Å². The summed E-state index contributed by atoms with van der Waals surface area (Å²) in [4.78, 5) is 11.6. The third kappa shape index (κ3) is 3.75. The van der Waals surface area contributed by atoms with Crippen LogP contribution < -0.4 is 4.74 Å². The number of hydrogen-bond donors (Lipinski definition) is 1. The highest BCUT2D eigenvalue weighted by atomic mass is 32.2. The molecule has 1 heterocycles. The van der Waals surface area contributed by atoms with E-state index in [0.717, 1.165) is 9.87 Å². The van der Waals surface area contributed by atoms with E-state index in [1.807, 2.05) is 19.1 Å². The van der Waals surface area contributed by atoms with E-state index in [9.17, 15) is 18.3 Å².